The van der Waals surface area contributed by atoms with E-state index in [0.717, 1.165) is 5.56 Å². The van der Waals surface area contributed by atoms with Gasteiger partial charge in [-0.2, -0.15) is 0 Å². The van der Waals surface area contributed by atoms with Gasteiger partial charge in [0.2, 0.25) is 5.91 Å². The molecule has 1 aromatic rings. The molecule has 2 atom stereocenters. The Kier molecular flexibility index (Phi) is 6.32. The average Bonchev–Trinajstić information content (AvgIpc) is 2.46. The van der Waals surface area contributed by atoms with E-state index < -0.39 is 36.5 Å². The van der Waals surface area contributed by atoms with Crippen LogP contribution in [-0.4, -0.2) is 41.6 Å². The van der Waals surface area contributed by atoms with E-state index in [9.17, 15) is 18.8 Å². The standard InChI is InChI=1S/C14H17FN2O4/c1-9(12(18)8-15)16-13(19)11(17-14(20)21)7-10-5-3-2-4-6-10/h2-6,9,11,17H,7-8H2,1H3,(H,16,19)(H,20,21). The highest BCUT2D eigenvalue weighted by atomic mass is 19.1. The van der Waals surface area contributed by atoms with E-state index in [1.165, 1.54) is 6.92 Å². The number of ketones is 1. The van der Waals surface area contributed by atoms with Crippen molar-refractivity contribution in [1.29, 1.82) is 0 Å². The van der Waals surface area contributed by atoms with Crippen LogP contribution >= 0.6 is 0 Å². The quantitative estimate of drug-likeness (QED) is 0.697. The fourth-order valence-electron chi connectivity index (χ4n) is 1.72. The van der Waals surface area contributed by atoms with Crippen molar-refractivity contribution in [3.8, 4) is 0 Å². The third kappa shape index (κ3) is 5.60. The molecule has 1 aromatic carbocycles. The van der Waals surface area contributed by atoms with E-state index in [0.29, 0.717) is 0 Å². The fraction of sp³-hybridized carbons (Fsp3) is 0.357. The molecule has 0 saturated heterocycles. The Balaban J connectivity index is 2.75. The normalized spacial score (nSPS) is 13.0. The first kappa shape index (κ1) is 16.6. The summed E-state index contributed by atoms with van der Waals surface area (Å²) < 4.78 is 12.2. The summed E-state index contributed by atoms with van der Waals surface area (Å²) in [6.07, 6.45) is -1.22. The molecule has 2 amide bonds. The van der Waals surface area contributed by atoms with Crippen LogP contribution in [0.2, 0.25) is 0 Å². The number of benzene rings is 1. The van der Waals surface area contributed by atoms with Gasteiger partial charge >= 0.3 is 6.09 Å². The first-order chi connectivity index (χ1) is 9.93. The molecule has 0 saturated carbocycles. The molecule has 0 aromatic heterocycles. The summed E-state index contributed by atoms with van der Waals surface area (Å²) in [6, 6.07) is 6.77. The Labute approximate surface area is 121 Å². The van der Waals surface area contributed by atoms with Crippen molar-refractivity contribution in [3.05, 3.63) is 35.9 Å². The van der Waals surface area contributed by atoms with Crippen LogP contribution in [0.1, 0.15) is 12.5 Å². The minimum absolute atomic E-state index is 0.134. The summed E-state index contributed by atoms with van der Waals surface area (Å²) in [4.78, 5) is 33.9. The number of halogens is 1. The van der Waals surface area contributed by atoms with E-state index in [1.54, 1.807) is 30.3 Å². The molecule has 0 spiro atoms. The van der Waals surface area contributed by atoms with E-state index in [2.05, 4.69) is 10.6 Å². The van der Waals surface area contributed by atoms with E-state index in [4.69, 9.17) is 5.11 Å². The molecule has 0 aliphatic heterocycles. The van der Waals surface area contributed by atoms with Crippen LogP contribution in [-0.2, 0) is 16.0 Å². The highest BCUT2D eigenvalue weighted by Crippen LogP contribution is 2.04. The minimum atomic E-state index is -1.35. The van der Waals surface area contributed by atoms with Crippen molar-refractivity contribution >= 4 is 17.8 Å². The molecule has 0 fully saturated rings. The van der Waals surface area contributed by atoms with Crippen LogP contribution in [0.25, 0.3) is 0 Å². The number of alkyl halides is 1. The summed E-state index contributed by atoms with van der Waals surface area (Å²) in [5.74, 6) is -1.44. The van der Waals surface area contributed by atoms with Gasteiger partial charge in [0, 0.05) is 6.42 Å². The average molecular weight is 296 g/mol. The predicted octanol–water partition coefficient (Wildman–Crippen LogP) is 0.909. The molecule has 0 bridgehead atoms. The molecule has 114 valence electrons. The molecule has 2 unspecified atom stereocenters. The molecule has 0 aliphatic carbocycles. The molecule has 3 N–H and O–H groups in total. The molecule has 21 heavy (non-hydrogen) atoms. The highest BCUT2D eigenvalue weighted by molar-refractivity contribution is 5.92. The molecule has 0 radical (unpaired) electrons. The maximum Gasteiger partial charge on any atom is 0.405 e. The van der Waals surface area contributed by atoms with Crippen LogP contribution in [0.4, 0.5) is 9.18 Å². The molecule has 6 nitrogen and oxygen atoms in total. The number of amides is 2. The van der Waals surface area contributed by atoms with Crippen LogP contribution in [0.5, 0.6) is 0 Å². The van der Waals surface area contributed by atoms with Gasteiger partial charge in [-0.25, -0.2) is 9.18 Å². The van der Waals surface area contributed by atoms with Gasteiger partial charge < -0.3 is 15.7 Å². The second kappa shape index (κ2) is 7.98. The first-order valence-electron chi connectivity index (χ1n) is 6.36. The smallest absolute Gasteiger partial charge is 0.405 e. The predicted molar refractivity (Wildman–Crippen MR) is 73.7 cm³/mol. The van der Waals surface area contributed by atoms with Gasteiger partial charge in [0.05, 0.1) is 6.04 Å². The van der Waals surface area contributed by atoms with Crippen LogP contribution in [0, 0.1) is 0 Å². The summed E-state index contributed by atoms with van der Waals surface area (Å²) in [5, 5.41) is 13.2. The lowest BCUT2D eigenvalue weighted by Crippen LogP contribution is -2.51. The Morgan fingerprint density at radius 1 is 1.19 bits per heavy atom. The molecular formula is C14H17FN2O4. The minimum Gasteiger partial charge on any atom is -0.465 e. The topological polar surface area (TPSA) is 95.5 Å². The molecule has 0 aliphatic rings. The Hall–Kier alpha value is -2.44. The number of rotatable bonds is 7. The lowest BCUT2D eigenvalue weighted by atomic mass is 10.0. The largest absolute Gasteiger partial charge is 0.465 e. The van der Waals surface area contributed by atoms with E-state index >= 15 is 0 Å². The molecule has 0 heterocycles. The lowest BCUT2D eigenvalue weighted by Gasteiger charge is -2.19. The zero-order valence-electron chi connectivity index (χ0n) is 11.5. The highest BCUT2D eigenvalue weighted by Gasteiger charge is 2.24. The summed E-state index contributed by atoms with van der Waals surface area (Å²) >= 11 is 0. The van der Waals surface area contributed by atoms with Crippen molar-refractivity contribution in [1.82, 2.24) is 10.6 Å². The maximum atomic E-state index is 12.2. The van der Waals surface area contributed by atoms with Gasteiger partial charge in [-0.3, -0.25) is 9.59 Å². The molecular weight excluding hydrogens is 279 g/mol. The second-order valence-electron chi connectivity index (χ2n) is 4.52. The monoisotopic (exact) mass is 296 g/mol. The van der Waals surface area contributed by atoms with Gasteiger partial charge in [-0.1, -0.05) is 30.3 Å². The van der Waals surface area contributed by atoms with Crippen LogP contribution in [0.3, 0.4) is 0 Å². The number of hydrogen-bond donors (Lipinski definition) is 3. The van der Waals surface area contributed by atoms with E-state index in [1.807, 2.05) is 0 Å². The number of carboxylic acid groups (broad SMARTS) is 1. The first-order valence-corrected chi connectivity index (χ1v) is 6.36. The maximum absolute atomic E-state index is 12.2. The second-order valence-corrected chi connectivity index (χ2v) is 4.52. The summed E-state index contributed by atoms with van der Waals surface area (Å²) in [5.41, 5.74) is 0.760. The Morgan fingerprint density at radius 2 is 1.81 bits per heavy atom. The van der Waals surface area contributed by atoms with Gasteiger partial charge in [0.25, 0.3) is 0 Å². The number of carbonyl (C=O) groups excluding carboxylic acids is 2. The summed E-state index contributed by atoms with van der Waals surface area (Å²) in [6.45, 7) is 0.164. The van der Waals surface area contributed by atoms with Gasteiger partial charge in [0.15, 0.2) is 5.78 Å². The van der Waals surface area contributed by atoms with Gasteiger partial charge in [0.1, 0.15) is 12.7 Å². The summed E-state index contributed by atoms with van der Waals surface area (Å²) in [7, 11) is 0. The van der Waals surface area contributed by atoms with Crippen molar-refractivity contribution in [2.45, 2.75) is 25.4 Å². The number of carbonyl (C=O) groups is 3. The van der Waals surface area contributed by atoms with Crippen molar-refractivity contribution in [2.75, 3.05) is 6.67 Å². The van der Waals surface area contributed by atoms with Crippen LogP contribution < -0.4 is 10.6 Å². The SMILES string of the molecule is CC(NC(=O)C(Cc1ccccc1)NC(=O)O)C(=O)CF. The molecule has 7 heteroatoms. The van der Waals surface area contributed by atoms with Crippen molar-refractivity contribution in [3.63, 3.8) is 0 Å². The lowest BCUT2D eigenvalue weighted by molar-refractivity contribution is -0.128. The number of nitrogens with one attached hydrogen (secondary N) is 2. The number of hydrogen-bond acceptors (Lipinski definition) is 3. The van der Waals surface area contributed by atoms with Gasteiger partial charge in [-0.15, -0.1) is 0 Å². The zero-order chi connectivity index (χ0) is 15.8. The van der Waals surface area contributed by atoms with Crippen molar-refractivity contribution in [2.24, 2.45) is 0 Å². The van der Waals surface area contributed by atoms with Crippen LogP contribution in [0.15, 0.2) is 30.3 Å². The zero-order valence-corrected chi connectivity index (χ0v) is 11.5. The van der Waals surface area contributed by atoms with E-state index in [-0.39, 0.29) is 6.42 Å². The number of Topliss-reactive ketones (excluding diaryl/α,β-unsaturated/α-hetero) is 1. The Morgan fingerprint density at radius 3 is 2.33 bits per heavy atom. The van der Waals surface area contributed by atoms with Gasteiger partial charge in [-0.05, 0) is 12.5 Å². The Bertz CT molecular complexity index is 507. The third-order valence-corrected chi connectivity index (χ3v) is 2.87. The fourth-order valence-corrected chi connectivity index (χ4v) is 1.72. The molecule has 1 rings (SSSR count). The van der Waals surface area contributed by atoms with Crippen molar-refractivity contribution < 1.29 is 23.9 Å². The third-order valence-electron chi connectivity index (χ3n) is 2.87.